The van der Waals surface area contributed by atoms with Gasteiger partial charge in [-0.05, 0) is 42.4 Å². The van der Waals surface area contributed by atoms with E-state index in [1.165, 1.54) is 27.5 Å². The number of carbonyl (C=O) groups excluding carboxylic acids is 1. The number of nitrogens with zero attached hydrogens (tertiary/aromatic N) is 1. The van der Waals surface area contributed by atoms with E-state index in [2.05, 4.69) is 17.6 Å². The lowest BCUT2D eigenvalue weighted by Gasteiger charge is -2.20. The summed E-state index contributed by atoms with van der Waals surface area (Å²) in [6.45, 7) is 0. The van der Waals surface area contributed by atoms with Crippen molar-refractivity contribution < 1.29 is 4.79 Å². The largest absolute Gasteiger partial charge is 0.335 e. The molecule has 0 unspecified atom stereocenters. The number of hydrogen-bond acceptors (Lipinski definition) is 3. The first kappa shape index (κ1) is 11.3. The van der Waals surface area contributed by atoms with Crippen LogP contribution in [0.5, 0.6) is 0 Å². The Kier molecular flexibility index (Phi) is 3.36. The topological polar surface area (TPSA) is 58.4 Å². The summed E-state index contributed by atoms with van der Waals surface area (Å²) in [6.07, 6.45) is 2.29. The molecule has 0 saturated carbocycles. The van der Waals surface area contributed by atoms with Gasteiger partial charge < -0.3 is 0 Å². The summed E-state index contributed by atoms with van der Waals surface area (Å²) >= 11 is 1.88. The number of benzene rings is 1. The van der Waals surface area contributed by atoms with Crippen LogP contribution < -0.4 is 16.2 Å². The zero-order valence-electron chi connectivity index (χ0n) is 9.19. The number of aryl methyl sites for hydroxylation is 1. The standard InChI is InChI=1S/C11H15N3OS/c1-14(11(15)13-12)9-4-5-10-8(7-9)3-2-6-16-10/h4-5,7H,2-3,6,12H2,1H3,(H,13,15). The highest BCUT2D eigenvalue weighted by Crippen LogP contribution is 2.32. The van der Waals surface area contributed by atoms with E-state index in [-0.39, 0.29) is 6.03 Å². The molecule has 3 N–H and O–H groups in total. The highest BCUT2D eigenvalue weighted by atomic mass is 32.2. The molecule has 0 fully saturated rings. The summed E-state index contributed by atoms with van der Waals surface area (Å²) in [4.78, 5) is 14.2. The van der Waals surface area contributed by atoms with Crippen LogP contribution in [0.25, 0.3) is 0 Å². The summed E-state index contributed by atoms with van der Waals surface area (Å²) in [5.41, 5.74) is 4.33. The first-order chi connectivity index (χ1) is 7.72. The fraction of sp³-hybridized carbons (Fsp3) is 0.364. The third kappa shape index (κ3) is 2.15. The van der Waals surface area contributed by atoms with Crippen LogP contribution in [0.2, 0.25) is 0 Å². The monoisotopic (exact) mass is 237 g/mol. The lowest BCUT2D eigenvalue weighted by Crippen LogP contribution is -2.41. The Labute approximate surface area is 99.2 Å². The molecule has 1 heterocycles. The number of nitrogens with one attached hydrogen (secondary N) is 1. The van der Waals surface area contributed by atoms with Gasteiger partial charge in [0.05, 0.1) is 0 Å². The minimum Gasteiger partial charge on any atom is -0.296 e. The van der Waals surface area contributed by atoms with E-state index in [9.17, 15) is 4.79 Å². The summed E-state index contributed by atoms with van der Waals surface area (Å²) in [5.74, 6) is 6.29. The van der Waals surface area contributed by atoms with Gasteiger partial charge in [0, 0.05) is 17.6 Å². The molecule has 0 atom stereocenters. The Morgan fingerprint density at radius 1 is 1.56 bits per heavy atom. The summed E-state index contributed by atoms with van der Waals surface area (Å²) in [7, 11) is 1.71. The van der Waals surface area contributed by atoms with E-state index in [1.807, 2.05) is 17.8 Å². The Morgan fingerprint density at radius 3 is 3.12 bits per heavy atom. The molecule has 0 aromatic heterocycles. The average Bonchev–Trinajstić information content (AvgIpc) is 2.36. The third-order valence-corrected chi connectivity index (χ3v) is 3.91. The van der Waals surface area contributed by atoms with Crippen LogP contribution >= 0.6 is 11.8 Å². The second-order valence-corrected chi connectivity index (χ2v) is 4.89. The molecule has 0 bridgehead atoms. The molecule has 0 radical (unpaired) electrons. The second kappa shape index (κ2) is 4.76. The average molecular weight is 237 g/mol. The molecular formula is C11H15N3OS. The maximum absolute atomic E-state index is 11.4. The molecule has 86 valence electrons. The van der Waals surface area contributed by atoms with Crippen molar-refractivity contribution >= 4 is 23.5 Å². The molecule has 1 aromatic carbocycles. The number of anilines is 1. The number of nitrogens with two attached hydrogens (primary N) is 1. The molecule has 2 amide bonds. The van der Waals surface area contributed by atoms with Crippen LogP contribution in [0, 0.1) is 0 Å². The lowest BCUT2D eigenvalue weighted by atomic mass is 10.1. The van der Waals surface area contributed by atoms with Crippen molar-refractivity contribution in [3.8, 4) is 0 Å². The van der Waals surface area contributed by atoms with Gasteiger partial charge in [-0.1, -0.05) is 0 Å². The number of hydrogen-bond donors (Lipinski definition) is 2. The van der Waals surface area contributed by atoms with Crippen molar-refractivity contribution in [3.63, 3.8) is 0 Å². The number of hydrazine groups is 1. The van der Waals surface area contributed by atoms with Gasteiger partial charge in [-0.25, -0.2) is 10.6 Å². The van der Waals surface area contributed by atoms with Crippen LogP contribution in [0.4, 0.5) is 10.5 Å². The Balaban J connectivity index is 2.26. The Hall–Kier alpha value is -1.20. The quantitative estimate of drug-likeness (QED) is 0.444. The predicted molar refractivity (Wildman–Crippen MR) is 66.6 cm³/mol. The Morgan fingerprint density at radius 2 is 2.38 bits per heavy atom. The van der Waals surface area contributed by atoms with Crippen LogP contribution in [0.3, 0.4) is 0 Å². The Bertz CT molecular complexity index is 408. The van der Waals surface area contributed by atoms with Crippen molar-refractivity contribution in [2.75, 3.05) is 17.7 Å². The van der Waals surface area contributed by atoms with Crippen LogP contribution in [-0.2, 0) is 6.42 Å². The van der Waals surface area contributed by atoms with Gasteiger partial charge in [0.25, 0.3) is 0 Å². The molecule has 1 aliphatic rings. The minimum atomic E-state index is -0.302. The van der Waals surface area contributed by atoms with Crippen molar-refractivity contribution in [3.05, 3.63) is 23.8 Å². The summed E-state index contributed by atoms with van der Waals surface area (Å²) in [6, 6.07) is 5.79. The van der Waals surface area contributed by atoms with Crippen LogP contribution in [0.1, 0.15) is 12.0 Å². The van der Waals surface area contributed by atoms with Gasteiger partial charge in [0.15, 0.2) is 0 Å². The number of urea groups is 1. The van der Waals surface area contributed by atoms with Crippen molar-refractivity contribution in [2.45, 2.75) is 17.7 Å². The normalized spacial score (nSPS) is 14.1. The van der Waals surface area contributed by atoms with Gasteiger partial charge in [-0.3, -0.25) is 10.3 Å². The molecule has 2 rings (SSSR count). The van der Waals surface area contributed by atoms with Gasteiger partial charge in [0.2, 0.25) is 0 Å². The van der Waals surface area contributed by atoms with Crippen molar-refractivity contribution in [2.24, 2.45) is 5.84 Å². The molecule has 5 heteroatoms. The minimum absolute atomic E-state index is 0.302. The highest BCUT2D eigenvalue weighted by Gasteiger charge is 2.14. The predicted octanol–water partition coefficient (Wildman–Crippen LogP) is 1.74. The van der Waals surface area contributed by atoms with E-state index in [4.69, 9.17) is 5.84 Å². The fourth-order valence-corrected chi connectivity index (χ4v) is 2.79. The first-order valence-electron chi connectivity index (χ1n) is 5.22. The molecule has 4 nitrogen and oxygen atoms in total. The smallest absolute Gasteiger partial charge is 0.296 e. The molecule has 0 aliphatic carbocycles. The van der Waals surface area contributed by atoms with Crippen LogP contribution in [-0.4, -0.2) is 18.8 Å². The van der Waals surface area contributed by atoms with Gasteiger partial charge in [0.1, 0.15) is 0 Å². The molecular weight excluding hydrogens is 222 g/mol. The van der Waals surface area contributed by atoms with Gasteiger partial charge in [-0.2, -0.15) is 0 Å². The van der Waals surface area contributed by atoms with Crippen LogP contribution in [0.15, 0.2) is 23.1 Å². The number of fused-ring (bicyclic) bond motifs is 1. The molecule has 1 aromatic rings. The molecule has 16 heavy (non-hydrogen) atoms. The highest BCUT2D eigenvalue weighted by molar-refractivity contribution is 7.99. The maximum Gasteiger partial charge on any atom is 0.335 e. The number of rotatable bonds is 1. The fourth-order valence-electron chi connectivity index (χ4n) is 1.77. The number of thioether (sulfide) groups is 1. The third-order valence-electron chi connectivity index (χ3n) is 2.71. The van der Waals surface area contributed by atoms with E-state index in [0.29, 0.717) is 0 Å². The van der Waals surface area contributed by atoms with E-state index < -0.39 is 0 Å². The second-order valence-electron chi connectivity index (χ2n) is 3.75. The van der Waals surface area contributed by atoms with E-state index >= 15 is 0 Å². The van der Waals surface area contributed by atoms with E-state index in [0.717, 1.165) is 12.1 Å². The zero-order chi connectivity index (χ0) is 11.5. The van der Waals surface area contributed by atoms with Gasteiger partial charge in [-0.15, -0.1) is 11.8 Å². The SMILES string of the molecule is CN(C(=O)NN)c1ccc2c(c1)CCCS2. The summed E-state index contributed by atoms with van der Waals surface area (Å²) < 4.78 is 0. The number of carbonyl (C=O) groups is 1. The first-order valence-corrected chi connectivity index (χ1v) is 6.21. The van der Waals surface area contributed by atoms with Crippen molar-refractivity contribution in [1.29, 1.82) is 0 Å². The van der Waals surface area contributed by atoms with Gasteiger partial charge >= 0.3 is 6.03 Å². The van der Waals surface area contributed by atoms with E-state index in [1.54, 1.807) is 7.05 Å². The number of amides is 2. The molecule has 0 spiro atoms. The zero-order valence-corrected chi connectivity index (χ0v) is 10.0. The molecule has 1 aliphatic heterocycles. The maximum atomic E-state index is 11.4. The lowest BCUT2D eigenvalue weighted by molar-refractivity contribution is 0.247. The summed E-state index contributed by atoms with van der Waals surface area (Å²) in [5, 5.41) is 0. The van der Waals surface area contributed by atoms with Crippen molar-refractivity contribution in [1.82, 2.24) is 5.43 Å². The molecule has 0 saturated heterocycles.